The average Bonchev–Trinajstić information content (AvgIpc) is 3.49. The Morgan fingerprint density at radius 2 is 2.03 bits per heavy atom. The van der Waals surface area contributed by atoms with Gasteiger partial charge in [-0.1, -0.05) is 6.07 Å². The molecule has 2 aromatic heterocycles. The number of thiophene rings is 1. The van der Waals surface area contributed by atoms with Crippen LogP contribution in [0.3, 0.4) is 0 Å². The number of rotatable bonds is 4. The van der Waals surface area contributed by atoms with Crippen molar-refractivity contribution in [2.45, 2.75) is 45.2 Å². The lowest BCUT2D eigenvalue weighted by Crippen LogP contribution is -2.43. The Bertz CT molecular complexity index is 1230. The number of likely N-dealkylation sites (tertiary alicyclic amines) is 1. The van der Waals surface area contributed by atoms with Crippen molar-refractivity contribution in [3.05, 3.63) is 57.1 Å². The molecule has 32 heavy (non-hydrogen) atoms. The normalized spacial score (nSPS) is 16.5. The number of hydrogen-bond acceptors (Lipinski definition) is 5. The minimum Gasteiger partial charge on any atom is -0.490 e. The van der Waals surface area contributed by atoms with Crippen molar-refractivity contribution < 1.29 is 14.5 Å². The van der Waals surface area contributed by atoms with Gasteiger partial charge in [-0.25, -0.2) is 0 Å². The number of fused-ring (bicyclic) bond motifs is 3. The number of aryl methyl sites for hydroxylation is 1. The van der Waals surface area contributed by atoms with Crippen molar-refractivity contribution in [1.29, 1.82) is 0 Å². The maximum absolute atomic E-state index is 13.7. The zero-order valence-electron chi connectivity index (χ0n) is 18.4. The van der Waals surface area contributed by atoms with E-state index in [1.165, 1.54) is 7.11 Å². The number of nitro benzene ring substituents is 1. The van der Waals surface area contributed by atoms with Crippen molar-refractivity contribution in [3.63, 3.8) is 0 Å². The van der Waals surface area contributed by atoms with Crippen molar-refractivity contribution >= 4 is 22.9 Å². The van der Waals surface area contributed by atoms with Crippen LogP contribution in [0.5, 0.6) is 5.75 Å². The van der Waals surface area contributed by atoms with Crippen LogP contribution in [0.4, 0.5) is 5.69 Å². The lowest BCUT2D eigenvalue weighted by molar-refractivity contribution is -0.385. The fourth-order valence-corrected chi connectivity index (χ4v) is 5.81. The van der Waals surface area contributed by atoms with E-state index in [0.29, 0.717) is 18.7 Å². The highest BCUT2D eigenvalue weighted by molar-refractivity contribution is 7.13. The van der Waals surface area contributed by atoms with E-state index in [1.807, 2.05) is 28.5 Å². The molecule has 1 saturated heterocycles. The summed E-state index contributed by atoms with van der Waals surface area (Å²) in [6, 6.07) is 9.36. The highest BCUT2D eigenvalue weighted by atomic mass is 32.1. The zero-order valence-corrected chi connectivity index (χ0v) is 19.2. The average molecular weight is 452 g/mol. The van der Waals surface area contributed by atoms with Crippen LogP contribution in [0, 0.1) is 10.1 Å². The third kappa shape index (κ3) is 3.12. The molecule has 0 saturated carbocycles. The lowest BCUT2D eigenvalue weighted by Gasteiger charge is -2.32. The summed E-state index contributed by atoms with van der Waals surface area (Å²) in [7, 11) is 1.45. The first-order valence-corrected chi connectivity index (χ1v) is 11.6. The molecular weight excluding hydrogens is 426 g/mol. The largest absolute Gasteiger partial charge is 0.490 e. The topological polar surface area (TPSA) is 77.6 Å². The van der Waals surface area contributed by atoms with Crippen molar-refractivity contribution in [2.24, 2.45) is 0 Å². The fraction of sp³-hybridized carbons (Fsp3) is 0.375. The van der Waals surface area contributed by atoms with Gasteiger partial charge < -0.3 is 14.2 Å². The van der Waals surface area contributed by atoms with Gasteiger partial charge in [-0.05, 0) is 62.3 Å². The Labute approximate surface area is 190 Å². The number of carbonyl (C=O) groups excluding carboxylic acids is 1. The number of ether oxygens (including phenoxy) is 1. The molecule has 0 N–H and O–H groups in total. The molecule has 3 aromatic rings. The number of nitrogens with zero attached hydrogens (tertiary/aromatic N) is 3. The first-order chi connectivity index (χ1) is 15.3. The van der Waals surface area contributed by atoms with E-state index >= 15 is 0 Å². The summed E-state index contributed by atoms with van der Waals surface area (Å²) in [5, 5.41) is 13.7. The number of nitro groups is 1. The van der Waals surface area contributed by atoms with Gasteiger partial charge in [0.15, 0.2) is 5.75 Å². The summed E-state index contributed by atoms with van der Waals surface area (Å²) in [6.45, 7) is 5.62. The summed E-state index contributed by atoms with van der Waals surface area (Å²) in [6.07, 6.45) is 2.66. The molecule has 4 heterocycles. The van der Waals surface area contributed by atoms with E-state index in [4.69, 9.17) is 4.74 Å². The third-order valence-corrected chi connectivity index (χ3v) is 7.61. The Hall–Kier alpha value is -3.13. The van der Waals surface area contributed by atoms with E-state index in [2.05, 4.69) is 18.4 Å². The predicted molar refractivity (Wildman–Crippen MR) is 124 cm³/mol. The Morgan fingerprint density at radius 3 is 2.66 bits per heavy atom. The third-order valence-electron chi connectivity index (χ3n) is 6.71. The Balaban J connectivity index is 1.73. The molecule has 8 heteroatoms. The first-order valence-electron chi connectivity index (χ1n) is 10.8. The standard InChI is InChI=1S/C24H25N3O4S/c1-24(2)8-5-9-26(24)23(28)19-14-17(21-6-4-11-32-21)22-16-13-18(27(29)30)20(31-3)12-15(16)7-10-25(19)22/h4,6,11-14H,5,7-10H2,1-3H3. The molecule has 0 bridgehead atoms. The minimum absolute atomic E-state index is 0.0306. The number of carbonyl (C=O) groups is 1. The SMILES string of the molecule is COc1cc2c(cc1[N+](=O)[O-])-c1c(-c3cccs3)cc(C(=O)N3CCCC3(C)C)n1CC2. The quantitative estimate of drug-likeness (QED) is 0.395. The fourth-order valence-electron chi connectivity index (χ4n) is 5.07. The molecule has 166 valence electrons. The second-order valence-electron chi connectivity index (χ2n) is 8.98. The van der Waals surface area contributed by atoms with Gasteiger partial charge in [-0.2, -0.15) is 0 Å². The van der Waals surface area contributed by atoms with E-state index in [0.717, 1.165) is 46.6 Å². The highest BCUT2D eigenvalue weighted by Crippen LogP contribution is 2.45. The van der Waals surface area contributed by atoms with E-state index in [1.54, 1.807) is 23.5 Å². The van der Waals surface area contributed by atoms with Gasteiger partial charge in [-0.15, -0.1) is 11.3 Å². The summed E-state index contributed by atoms with van der Waals surface area (Å²) in [4.78, 5) is 28.0. The van der Waals surface area contributed by atoms with Crippen LogP contribution in [0.2, 0.25) is 0 Å². The molecular formula is C24H25N3O4S. The Kier molecular flexibility index (Phi) is 4.85. The van der Waals surface area contributed by atoms with Gasteiger partial charge >= 0.3 is 5.69 Å². The molecule has 1 aromatic carbocycles. The molecule has 0 spiro atoms. The molecule has 0 unspecified atom stereocenters. The number of benzene rings is 1. The van der Waals surface area contributed by atoms with Crippen LogP contribution < -0.4 is 4.74 Å². The van der Waals surface area contributed by atoms with Gasteiger partial charge in [0.1, 0.15) is 5.69 Å². The van der Waals surface area contributed by atoms with Crippen LogP contribution in [-0.2, 0) is 13.0 Å². The summed E-state index contributed by atoms with van der Waals surface area (Å²) in [5.41, 5.74) is 4.03. The van der Waals surface area contributed by atoms with Gasteiger partial charge in [0.2, 0.25) is 0 Å². The van der Waals surface area contributed by atoms with Crippen molar-refractivity contribution in [1.82, 2.24) is 9.47 Å². The molecule has 5 rings (SSSR count). The van der Waals surface area contributed by atoms with Crippen molar-refractivity contribution in [2.75, 3.05) is 13.7 Å². The number of aromatic nitrogens is 1. The molecule has 0 atom stereocenters. The first kappa shape index (κ1) is 20.8. The molecule has 0 aliphatic carbocycles. The van der Waals surface area contributed by atoms with Gasteiger partial charge in [0.05, 0.1) is 17.7 Å². The maximum Gasteiger partial charge on any atom is 0.311 e. The van der Waals surface area contributed by atoms with Crippen LogP contribution in [0.15, 0.2) is 35.7 Å². The second-order valence-corrected chi connectivity index (χ2v) is 9.93. The molecule has 2 aliphatic heterocycles. The Morgan fingerprint density at radius 1 is 1.22 bits per heavy atom. The van der Waals surface area contributed by atoms with Gasteiger partial charge in [0, 0.05) is 40.7 Å². The molecule has 1 amide bonds. The zero-order chi connectivity index (χ0) is 22.6. The number of amides is 1. The number of hydrogen-bond donors (Lipinski definition) is 0. The van der Waals surface area contributed by atoms with Crippen molar-refractivity contribution in [3.8, 4) is 27.4 Å². The van der Waals surface area contributed by atoms with Crippen LogP contribution in [0.1, 0.15) is 42.7 Å². The summed E-state index contributed by atoms with van der Waals surface area (Å²) < 4.78 is 7.35. The second kappa shape index (κ2) is 7.48. The van der Waals surface area contributed by atoms with Gasteiger partial charge in [-0.3, -0.25) is 14.9 Å². The number of methoxy groups -OCH3 is 1. The smallest absolute Gasteiger partial charge is 0.311 e. The van der Waals surface area contributed by atoms with E-state index in [9.17, 15) is 14.9 Å². The molecule has 1 fully saturated rings. The molecule has 0 radical (unpaired) electrons. The summed E-state index contributed by atoms with van der Waals surface area (Å²) in [5.74, 6) is 0.296. The van der Waals surface area contributed by atoms with Gasteiger partial charge in [0.25, 0.3) is 5.91 Å². The predicted octanol–water partition coefficient (Wildman–Crippen LogP) is 5.37. The summed E-state index contributed by atoms with van der Waals surface area (Å²) >= 11 is 1.60. The molecule has 7 nitrogen and oxygen atoms in total. The van der Waals surface area contributed by atoms with E-state index < -0.39 is 4.92 Å². The van der Waals surface area contributed by atoms with Crippen LogP contribution in [-0.4, -0.2) is 39.5 Å². The van der Waals surface area contributed by atoms with E-state index in [-0.39, 0.29) is 22.9 Å². The lowest BCUT2D eigenvalue weighted by atomic mass is 9.95. The monoisotopic (exact) mass is 451 g/mol. The minimum atomic E-state index is -0.412. The highest BCUT2D eigenvalue weighted by Gasteiger charge is 2.38. The van der Waals surface area contributed by atoms with Crippen LogP contribution >= 0.6 is 11.3 Å². The molecule has 2 aliphatic rings. The maximum atomic E-state index is 13.7. The van der Waals surface area contributed by atoms with Crippen LogP contribution in [0.25, 0.3) is 21.7 Å².